The largest absolute Gasteiger partial charge is 0.385 e. The number of aromatic nitrogens is 4. The van der Waals surface area contributed by atoms with Gasteiger partial charge in [-0.3, -0.25) is 44.0 Å². The number of hydrogen-bond acceptors (Lipinski definition) is 10. The smallest absolute Gasteiger partial charge is 0.262 e. The number of carbonyl (C=O) groups excluding carboxylic acids is 4. The molecular weight excluding hydrogens is 646 g/mol. The Morgan fingerprint density at radius 3 is 2.63 bits per heavy atom. The lowest BCUT2D eigenvalue weighted by Gasteiger charge is -2.41. The minimum atomic E-state index is -0.964. The third kappa shape index (κ3) is 5.73. The van der Waals surface area contributed by atoms with E-state index in [1.54, 1.807) is 18.2 Å². The molecule has 1 unspecified atom stereocenters. The van der Waals surface area contributed by atoms with Crippen LogP contribution in [-0.4, -0.2) is 98.0 Å². The van der Waals surface area contributed by atoms with Crippen molar-refractivity contribution in [2.24, 2.45) is 5.92 Å². The van der Waals surface area contributed by atoms with E-state index in [9.17, 15) is 19.2 Å². The van der Waals surface area contributed by atoms with Crippen LogP contribution in [0.5, 0.6) is 0 Å². The van der Waals surface area contributed by atoms with Crippen LogP contribution in [0.3, 0.4) is 0 Å². The summed E-state index contributed by atoms with van der Waals surface area (Å²) in [4.78, 5) is 65.7. The fourth-order valence-electron chi connectivity index (χ4n) is 8.33. The quantitative estimate of drug-likeness (QED) is 0.196. The van der Waals surface area contributed by atoms with E-state index in [4.69, 9.17) is 15.1 Å². The van der Waals surface area contributed by atoms with Gasteiger partial charge in [0.05, 0.1) is 46.3 Å². The van der Waals surface area contributed by atoms with Crippen molar-refractivity contribution in [1.82, 2.24) is 34.9 Å². The number of likely N-dealkylation sites (N-methyl/N-ethyl adjacent to an activating group) is 1. The van der Waals surface area contributed by atoms with Gasteiger partial charge in [-0.05, 0) is 94.3 Å². The second-order valence-corrected chi connectivity index (χ2v) is 15.0. The predicted octanol–water partition coefficient (Wildman–Crippen LogP) is 4.02. The highest BCUT2D eigenvalue weighted by Gasteiger charge is 2.49. The van der Waals surface area contributed by atoms with Crippen LogP contribution in [0.1, 0.15) is 78.1 Å². The molecule has 9 rings (SSSR count). The third-order valence-electron chi connectivity index (χ3n) is 11.8. The van der Waals surface area contributed by atoms with Crippen LogP contribution in [0.4, 0.5) is 11.4 Å². The number of amides is 4. The van der Waals surface area contributed by atoms with E-state index in [2.05, 4.69) is 56.6 Å². The van der Waals surface area contributed by atoms with Crippen molar-refractivity contribution in [3.05, 3.63) is 66.1 Å². The number of benzene rings is 2. The predicted molar refractivity (Wildman–Crippen MR) is 190 cm³/mol. The normalized spacial score (nSPS) is 24.2. The molecule has 262 valence electrons. The van der Waals surface area contributed by atoms with Gasteiger partial charge in [-0.1, -0.05) is 0 Å². The summed E-state index contributed by atoms with van der Waals surface area (Å²) in [6, 6.07) is 11.0. The Morgan fingerprint density at radius 1 is 0.961 bits per heavy atom. The second-order valence-electron chi connectivity index (χ2n) is 15.0. The number of rotatable bonds is 9. The van der Waals surface area contributed by atoms with Gasteiger partial charge in [0.25, 0.3) is 11.8 Å². The van der Waals surface area contributed by atoms with Crippen molar-refractivity contribution in [3.63, 3.8) is 0 Å². The van der Waals surface area contributed by atoms with Crippen LogP contribution in [0.2, 0.25) is 0 Å². The summed E-state index contributed by atoms with van der Waals surface area (Å²) < 4.78 is 2.08. The average Bonchev–Trinajstić information content (AvgIpc) is 3.64. The van der Waals surface area contributed by atoms with Crippen molar-refractivity contribution in [2.75, 3.05) is 43.4 Å². The molecular formula is C38H41N9O4. The topological polar surface area (TPSA) is 146 Å². The second kappa shape index (κ2) is 12.3. The maximum atomic E-state index is 13.1. The fourth-order valence-corrected chi connectivity index (χ4v) is 8.33. The van der Waals surface area contributed by atoms with Crippen LogP contribution in [0, 0.1) is 5.92 Å². The average molecular weight is 688 g/mol. The number of anilines is 2. The summed E-state index contributed by atoms with van der Waals surface area (Å²) in [6.45, 7) is 3.92. The van der Waals surface area contributed by atoms with Crippen molar-refractivity contribution < 1.29 is 19.2 Å². The minimum Gasteiger partial charge on any atom is -0.385 e. The Morgan fingerprint density at radius 2 is 1.80 bits per heavy atom. The van der Waals surface area contributed by atoms with E-state index in [1.165, 1.54) is 18.5 Å². The van der Waals surface area contributed by atoms with Gasteiger partial charge >= 0.3 is 0 Å². The summed E-state index contributed by atoms with van der Waals surface area (Å²) in [5, 5.41) is 10.3. The molecule has 1 spiro atoms. The van der Waals surface area contributed by atoms with Crippen molar-refractivity contribution in [1.29, 1.82) is 0 Å². The number of piperidine rings is 1. The number of hydrogen-bond donors (Lipinski definition) is 2. The lowest BCUT2D eigenvalue weighted by molar-refractivity contribution is -0.136. The molecule has 13 nitrogen and oxygen atoms in total. The molecule has 3 aliphatic heterocycles. The number of fused-ring (bicyclic) bond motifs is 2. The van der Waals surface area contributed by atoms with Crippen LogP contribution < -0.4 is 15.5 Å². The molecule has 2 aromatic carbocycles. The first-order valence-corrected chi connectivity index (χ1v) is 18.1. The Hall–Kier alpha value is -5.17. The molecule has 5 aliphatic rings. The van der Waals surface area contributed by atoms with Crippen molar-refractivity contribution in [2.45, 2.75) is 69.0 Å². The zero-order valence-electron chi connectivity index (χ0n) is 28.7. The number of nitrogens with zero attached hydrogens (tertiary/aromatic N) is 7. The zero-order valence-corrected chi connectivity index (χ0v) is 28.7. The maximum Gasteiger partial charge on any atom is 0.262 e. The van der Waals surface area contributed by atoms with Gasteiger partial charge in [0.1, 0.15) is 6.04 Å². The van der Waals surface area contributed by atoms with Gasteiger partial charge in [-0.2, -0.15) is 5.10 Å². The number of imide groups is 2. The molecule has 51 heavy (non-hydrogen) atoms. The van der Waals surface area contributed by atoms with Gasteiger partial charge in [-0.25, -0.2) is 4.98 Å². The van der Waals surface area contributed by atoms with E-state index in [0.717, 1.165) is 84.7 Å². The lowest BCUT2D eigenvalue weighted by Crippen LogP contribution is -2.54. The number of piperazine rings is 1. The van der Waals surface area contributed by atoms with Crippen molar-refractivity contribution >= 4 is 46.0 Å². The third-order valence-corrected chi connectivity index (χ3v) is 11.8. The van der Waals surface area contributed by atoms with E-state index in [0.29, 0.717) is 17.5 Å². The molecule has 0 bridgehead atoms. The molecule has 2 N–H and O–H groups in total. The van der Waals surface area contributed by atoms with Gasteiger partial charge in [-0.15, -0.1) is 0 Å². The first kappa shape index (κ1) is 31.8. The van der Waals surface area contributed by atoms with Gasteiger partial charge < -0.3 is 10.2 Å². The molecule has 2 aromatic heterocycles. The highest BCUT2D eigenvalue weighted by molar-refractivity contribution is 6.23. The minimum absolute atomic E-state index is 0.0979. The van der Waals surface area contributed by atoms with Gasteiger partial charge in [0, 0.05) is 61.3 Å². The fraction of sp³-hybridized carbons (Fsp3) is 0.447. The highest BCUT2D eigenvalue weighted by atomic mass is 16.2. The molecule has 5 heterocycles. The Labute approximate surface area is 295 Å². The van der Waals surface area contributed by atoms with Crippen LogP contribution >= 0.6 is 0 Å². The standard InChI is InChI=1S/C38H41N9O4/c1-44-13-14-45(22-38(44)10-11-38)26-5-7-30-31(18-26)42-32(20-40-30)24-19-41-46(21-24)27-15-23(16-27)3-2-12-39-25-4-6-28-29(17-25)37(51)47(36(28)50)33-8-9-34(48)43-35(33)49/h4-7,17-21,23,27,33,39H,2-3,8-16,22H2,1H3,(H,43,48,49). The van der Waals surface area contributed by atoms with E-state index < -0.39 is 23.8 Å². The molecule has 2 saturated heterocycles. The van der Waals surface area contributed by atoms with Crippen LogP contribution in [0.25, 0.3) is 22.3 Å². The van der Waals surface area contributed by atoms with Crippen LogP contribution in [-0.2, 0) is 9.59 Å². The summed E-state index contributed by atoms with van der Waals surface area (Å²) in [6.07, 6.45) is 12.8. The van der Waals surface area contributed by atoms with E-state index >= 15 is 0 Å². The first-order chi connectivity index (χ1) is 24.7. The van der Waals surface area contributed by atoms with Gasteiger partial charge in [0.15, 0.2) is 0 Å². The Balaban J connectivity index is 0.762. The van der Waals surface area contributed by atoms with Gasteiger partial charge in [0.2, 0.25) is 11.8 Å². The van der Waals surface area contributed by atoms with Crippen LogP contribution in [0.15, 0.2) is 55.0 Å². The number of nitrogens with one attached hydrogen (secondary N) is 2. The SMILES string of the molecule is CN1CCN(c2ccc3ncc(-c4cnn(C5CC(CCCNc6ccc7c(c6)C(=O)N(C6CCC(=O)NC6=O)C7=O)C5)c4)nc3c2)CC12CC2. The molecule has 0 radical (unpaired) electrons. The summed E-state index contributed by atoms with van der Waals surface area (Å²) in [5.74, 6) is -1.36. The molecule has 2 aliphatic carbocycles. The highest BCUT2D eigenvalue weighted by Crippen LogP contribution is 2.44. The van der Waals surface area contributed by atoms with E-state index in [1.807, 2.05) is 12.4 Å². The van der Waals surface area contributed by atoms with Crippen molar-refractivity contribution in [3.8, 4) is 11.3 Å². The molecule has 4 amide bonds. The zero-order chi connectivity index (χ0) is 34.9. The number of carbonyl (C=O) groups is 4. The Bertz CT molecular complexity index is 2080. The molecule has 4 aromatic rings. The summed E-state index contributed by atoms with van der Waals surface area (Å²) in [5.41, 5.74) is 6.53. The molecule has 13 heteroatoms. The maximum absolute atomic E-state index is 13.1. The van der Waals surface area contributed by atoms with E-state index in [-0.39, 0.29) is 29.9 Å². The molecule has 2 saturated carbocycles. The Kier molecular flexibility index (Phi) is 7.64. The summed E-state index contributed by atoms with van der Waals surface area (Å²) in [7, 11) is 2.25. The molecule has 1 atom stereocenters. The first-order valence-electron chi connectivity index (χ1n) is 18.1. The summed E-state index contributed by atoms with van der Waals surface area (Å²) >= 11 is 0. The monoisotopic (exact) mass is 687 g/mol. The lowest BCUT2D eigenvalue weighted by atomic mass is 9.77. The molecule has 4 fully saturated rings.